The summed E-state index contributed by atoms with van der Waals surface area (Å²) < 4.78 is 5.95. The molecule has 4 nitrogen and oxygen atoms in total. The Morgan fingerprint density at radius 2 is 1.83 bits per heavy atom. The number of thiophene rings is 1. The smallest absolute Gasteiger partial charge is 0.253 e. The van der Waals surface area contributed by atoms with Crippen LogP contribution >= 0.6 is 22.9 Å². The highest BCUT2D eigenvalue weighted by Crippen LogP contribution is 2.23. The number of nitrogens with zero attached hydrogens (tertiary/aromatic N) is 2. The van der Waals surface area contributed by atoms with Crippen molar-refractivity contribution < 1.29 is 9.53 Å². The highest BCUT2D eigenvalue weighted by molar-refractivity contribution is 7.16. The van der Waals surface area contributed by atoms with Crippen LogP contribution in [0.4, 0.5) is 0 Å². The maximum Gasteiger partial charge on any atom is 0.253 e. The van der Waals surface area contributed by atoms with E-state index in [9.17, 15) is 4.79 Å². The van der Waals surface area contributed by atoms with E-state index in [4.69, 9.17) is 16.3 Å². The van der Waals surface area contributed by atoms with Gasteiger partial charge in [0, 0.05) is 43.2 Å². The van der Waals surface area contributed by atoms with E-state index in [-0.39, 0.29) is 5.91 Å². The van der Waals surface area contributed by atoms with Crippen molar-refractivity contribution in [3.63, 3.8) is 0 Å². The highest BCUT2D eigenvalue weighted by atomic mass is 35.5. The van der Waals surface area contributed by atoms with E-state index < -0.39 is 0 Å². The molecule has 1 fully saturated rings. The van der Waals surface area contributed by atoms with Crippen molar-refractivity contribution in [1.82, 2.24) is 9.80 Å². The number of hydrogen-bond donors (Lipinski definition) is 0. The van der Waals surface area contributed by atoms with Gasteiger partial charge in [0.15, 0.2) is 0 Å². The van der Waals surface area contributed by atoms with Gasteiger partial charge < -0.3 is 9.64 Å². The van der Waals surface area contributed by atoms with Crippen LogP contribution in [0, 0.1) is 0 Å². The third-order valence-electron chi connectivity index (χ3n) is 4.00. The average molecular weight is 351 g/mol. The van der Waals surface area contributed by atoms with Crippen LogP contribution in [0.1, 0.15) is 15.2 Å². The fourth-order valence-electron chi connectivity index (χ4n) is 2.68. The molecule has 0 radical (unpaired) electrons. The molecule has 1 aliphatic heterocycles. The molecule has 0 bridgehead atoms. The summed E-state index contributed by atoms with van der Waals surface area (Å²) >= 11 is 7.59. The lowest BCUT2D eigenvalue weighted by atomic mass is 10.1. The fourth-order valence-corrected chi connectivity index (χ4v) is 3.81. The highest BCUT2D eigenvalue weighted by Gasteiger charge is 2.22. The second kappa shape index (κ2) is 7.34. The molecule has 0 unspecified atom stereocenters. The summed E-state index contributed by atoms with van der Waals surface area (Å²) in [6, 6.07) is 11.3. The van der Waals surface area contributed by atoms with E-state index in [0.717, 1.165) is 42.8 Å². The van der Waals surface area contributed by atoms with Crippen molar-refractivity contribution in [2.75, 3.05) is 33.3 Å². The van der Waals surface area contributed by atoms with Gasteiger partial charge in [-0.25, -0.2) is 0 Å². The van der Waals surface area contributed by atoms with Crippen LogP contribution in [-0.4, -0.2) is 49.0 Å². The quantitative estimate of drug-likeness (QED) is 0.847. The van der Waals surface area contributed by atoms with Gasteiger partial charge in [-0.1, -0.05) is 11.6 Å². The normalized spacial score (nSPS) is 15.7. The van der Waals surface area contributed by atoms with Crippen molar-refractivity contribution in [2.45, 2.75) is 6.54 Å². The minimum Gasteiger partial charge on any atom is -0.497 e. The minimum atomic E-state index is 0.0893. The first kappa shape index (κ1) is 16.3. The largest absolute Gasteiger partial charge is 0.497 e. The lowest BCUT2D eigenvalue weighted by molar-refractivity contribution is 0.0629. The molecular weight excluding hydrogens is 332 g/mol. The number of carbonyl (C=O) groups is 1. The third kappa shape index (κ3) is 4.05. The minimum absolute atomic E-state index is 0.0893. The first-order valence-electron chi connectivity index (χ1n) is 7.55. The van der Waals surface area contributed by atoms with Gasteiger partial charge in [0.25, 0.3) is 5.91 Å². The van der Waals surface area contributed by atoms with Crippen LogP contribution in [0.2, 0.25) is 4.34 Å². The third-order valence-corrected chi connectivity index (χ3v) is 5.22. The van der Waals surface area contributed by atoms with E-state index >= 15 is 0 Å². The molecule has 1 saturated heterocycles. The molecule has 6 heteroatoms. The van der Waals surface area contributed by atoms with Gasteiger partial charge >= 0.3 is 0 Å². The topological polar surface area (TPSA) is 32.8 Å². The molecule has 3 rings (SSSR count). The van der Waals surface area contributed by atoms with Gasteiger partial charge in [-0.2, -0.15) is 0 Å². The first-order valence-corrected chi connectivity index (χ1v) is 8.75. The molecular formula is C17H19ClN2O2S. The number of carbonyl (C=O) groups excluding carboxylic acids is 1. The van der Waals surface area contributed by atoms with Crippen LogP contribution in [0.3, 0.4) is 0 Å². The van der Waals surface area contributed by atoms with Gasteiger partial charge in [-0.3, -0.25) is 9.69 Å². The Bertz CT molecular complexity index is 663. The molecule has 0 aliphatic carbocycles. The SMILES string of the molecule is COc1ccc(C(=O)N2CCN(Cc3ccc(Cl)s3)CC2)cc1. The van der Waals surface area contributed by atoms with Gasteiger partial charge in [0.1, 0.15) is 5.75 Å². The van der Waals surface area contributed by atoms with Crippen LogP contribution in [-0.2, 0) is 6.54 Å². The maximum atomic E-state index is 12.5. The number of piperazine rings is 1. The van der Waals surface area contributed by atoms with Gasteiger partial charge in [0.2, 0.25) is 0 Å². The van der Waals surface area contributed by atoms with Crippen molar-refractivity contribution in [1.29, 1.82) is 0 Å². The molecule has 1 aromatic carbocycles. The Morgan fingerprint density at radius 3 is 2.39 bits per heavy atom. The predicted octanol–water partition coefficient (Wildman–Crippen LogP) is 3.37. The summed E-state index contributed by atoms with van der Waals surface area (Å²) in [5, 5.41) is 0. The zero-order valence-corrected chi connectivity index (χ0v) is 14.6. The molecule has 0 saturated carbocycles. The molecule has 23 heavy (non-hydrogen) atoms. The molecule has 2 aromatic rings. The molecule has 2 heterocycles. The number of amides is 1. The van der Waals surface area contributed by atoms with Crippen molar-refractivity contribution in [2.24, 2.45) is 0 Å². The van der Waals surface area contributed by atoms with Crippen LogP contribution < -0.4 is 4.74 Å². The van der Waals surface area contributed by atoms with Gasteiger partial charge in [0.05, 0.1) is 11.4 Å². The van der Waals surface area contributed by atoms with E-state index in [0.29, 0.717) is 5.56 Å². The molecule has 1 aromatic heterocycles. The number of rotatable bonds is 4. The van der Waals surface area contributed by atoms with Crippen LogP contribution in [0.5, 0.6) is 5.75 Å². The Labute approximate surface area is 145 Å². The second-order valence-corrected chi connectivity index (χ2v) is 7.30. The summed E-state index contributed by atoms with van der Waals surface area (Å²) in [5.74, 6) is 0.854. The van der Waals surface area contributed by atoms with Crippen molar-refractivity contribution in [3.05, 3.63) is 51.2 Å². The summed E-state index contributed by atoms with van der Waals surface area (Å²) in [6.07, 6.45) is 0. The van der Waals surface area contributed by atoms with E-state index in [1.807, 2.05) is 35.2 Å². The Balaban J connectivity index is 1.54. The summed E-state index contributed by atoms with van der Waals surface area (Å²) in [5.41, 5.74) is 0.712. The maximum absolute atomic E-state index is 12.5. The van der Waals surface area contributed by atoms with Crippen LogP contribution in [0.25, 0.3) is 0 Å². The summed E-state index contributed by atoms with van der Waals surface area (Å²) in [6.45, 7) is 4.19. The van der Waals surface area contributed by atoms with Crippen LogP contribution in [0.15, 0.2) is 36.4 Å². The molecule has 0 N–H and O–H groups in total. The number of ether oxygens (including phenoxy) is 1. The number of halogens is 1. The standard InChI is InChI=1S/C17H19ClN2O2S/c1-22-14-4-2-13(3-5-14)17(21)20-10-8-19(9-11-20)12-15-6-7-16(18)23-15/h2-7H,8-12H2,1H3. The first-order chi connectivity index (χ1) is 11.2. The Kier molecular flexibility index (Phi) is 5.20. The van der Waals surface area contributed by atoms with Gasteiger partial charge in [-0.15, -0.1) is 11.3 Å². The monoisotopic (exact) mass is 350 g/mol. The average Bonchev–Trinajstić information content (AvgIpc) is 3.00. The zero-order chi connectivity index (χ0) is 16.2. The zero-order valence-electron chi connectivity index (χ0n) is 13.0. The molecule has 122 valence electrons. The van der Waals surface area contributed by atoms with Crippen molar-refractivity contribution >= 4 is 28.8 Å². The van der Waals surface area contributed by atoms with E-state index in [1.165, 1.54) is 4.88 Å². The Hall–Kier alpha value is -1.56. The molecule has 0 atom stereocenters. The molecule has 0 spiro atoms. The fraction of sp³-hybridized carbons (Fsp3) is 0.353. The van der Waals surface area contributed by atoms with Crippen molar-refractivity contribution in [3.8, 4) is 5.75 Å². The molecule has 1 amide bonds. The number of benzene rings is 1. The predicted molar refractivity (Wildman–Crippen MR) is 93.5 cm³/mol. The summed E-state index contributed by atoms with van der Waals surface area (Å²) in [7, 11) is 1.62. The lowest BCUT2D eigenvalue weighted by Gasteiger charge is -2.34. The second-order valence-electron chi connectivity index (χ2n) is 5.50. The molecule has 1 aliphatic rings. The number of methoxy groups -OCH3 is 1. The van der Waals surface area contributed by atoms with E-state index in [1.54, 1.807) is 18.4 Å². The Morgan fingerprint density at radius 1 is 1.13 bits per heavy atom. The summed E-state index contributed by atoms with van der Waals surface area (Å²) in [4.78, 5) is 18.1. The van der Waals surface area contributed by atoms with Gasteiger partial charge in [-0.05, 0) is 36.4 Å². The number of hydrogen-bond acceptors (Lipinski definition) is 4. The van der Waals surface area contributed by atoms with E-state index in [2.05, 4.69) is 11.0 Å². The lowest BCUT2D eigenvalue weighted by Crippen LogP contribution is -2.48.